The lowest BCUT2D eigenvalue weighted by Gasteiger charge is -2.34. The maximum absolute atomic E-state index is 13.2. The van der Waals surface area contributed by atoms with Crippen molar-refractivity contribution in [1.29, 1.82) is 0 Å². The number of nitrogens with one attached hydrogen (secondary N) is 1. The number of piperazine rings is 1. The molecule has 1 atom stereocenters. The predicted octanol–water partition coefficient (Wildman–Crippen LogP) is 3.46. The summed E-state index contributed by atoms with van der Waals surface area (Å²) in [7, 11) is 0. The molecule has 3 aromatic rings. The molecule has 0 bridgehead atoms. The molecule has 33 heavy (non-hydrogen) atoms. The van der Waals surface area contributed by atoms with Crippen LogP contribution in [-0.4, -0.2) is 70.2 Å². The van der Waals surface area contributed by atoms with Crippen molar-refractivity contribution in [2.45, 2.75) is 26.3 Å². The second-order valence-corrected chi connectivity index (χ2v) is 8.67. The molecule has 0 radical (unpaired) electrons. The van der Waals surface area contributed by atoms with E-state index in [0.717, 1.165) is 12.1 Å². The van der Waals surface area contributed by atoms with Crippen LogP contribution in [0.25, 0.3) is 17.1 Å². The van der Waals surface area contributed by atoms with Gasteiger partial charge in [0, 0.05) is 43.3 Å². The molecule has 0 spiro atoms. The third-order valence-corrected chi connectivity index (χ3v) is 6.04. The van der Waals surface area contributed by atoms with Crippen molar-refractivity contribution in [1.82, 2.24) is 24.9 Å². The number of carbonyl (C=O) groups excluding carboxylic acids is 2. The Balaban J connectivity index is 1.47. The zero-order chi connectivity index (χ0) is 23.4. The fourth-order valence-corrected chi connectivity index (χ4v) is 3.97. The molecule has 1 aromatic carbocycles. The van der Waals surface area contributed by atoms with Crippen LogP contribution in [0.4, 0.5) is 0 Å². The van der Waals surface area contributed by atoms with Crippen LogP contribution in [0.15, 0.2) is 53.1 Å². The van der Waals surface area contributed by atoms with Crippen molar-refractivity contribution in [3.05, 3.63) is 59.4 Å². The molecule has 1 fully saturated rings. The summed E-state index contributed by atoms with van der Waals surface area (Å²) < 4.78 is 7.25. The van der Waals surface area contributed by atoms with Gasteiger partial charge >= 0.3 is 0 Å². The van der Waals surface area contributed by atoms with Crippen molar-refractivity contribution in [3.8, 4) is 17.1 Å². The highest BCUT2D eigenvalue weighted by Crippen LogP contribution is 2.26. The predicted molar refractivity (Wildman–Crippen MR) is 127 cm³/mol. The van der Waals surface area contributed by atoms with Gasteiger partial charge in [-0.05, 0) is 43.7 Å². The van der Waals surface area contributed by atoms with Gasteiger partial charge in [0.2, 0.25) is 5.91 Å². The van der Waals surface area contributed by atoms with Gasteiger partial charge in [0.05, 0.1) is 18.5 Å². The van der Waals surface area contributed by atoms with Crippen molar-refractivity contribution >= 4 is 23.4 Å². The number of aromatic nitrogens is 2. The fourth-order valence-electron chi connectivity index (χ4n) is 3.79. The summed E-state index contributed by atoms with van der Waals surface area (Å²) in [5, 5.41) is 8.16. The molecular formula is C24H28ClN5O3. The SMILES string of the molecule is CCC(C)NC(=O)CN1CCN(C(=O)c2cc(-c3ccco3)n(-c3cccc(Cl)c3)n2)CC1. The zero-order valence-electron chi connectivity index (χ0n) is 18.8. The molecule has 1 aliphatic rings. The number of carbonyl (C=O) groups is 2. The molecule has 1 saturated heterocycles. The topological polar surface area (TPSA) is 83.6 Å². The van der Waals surface area contributed by atoms with Crippen molar-refractivity contribution in [3.63, 3.8) is 0 Å². The number of hydrogen-bond acceptors (Lipinski definition) is 5. The van der Waals surface area contributed by atoms with Crippen LogP contribution in [0.2, 0.25) is 5.02 Å². The molecular weight excluding hydrogens is 442 g/mol. The summed E-state index contributed by atoms with van der Waals surface area (Å²) in [6, 6.07) is 12.8. The molecule has 2 amide bonds. The highest BCUT2D eigenvalue weighted by atomic mass is 35.5. The first kappa shape index (κ1) is 23.1. The minimum absolute atomic E-state index is 0.0208. The smallest absolute Gasteiger partial charge is 0.274 e. The number of benzene rings is 1. The van der Waals surface area contributed by atoms with E-state index < -0.39 is 0 Å². The van der Waals surface area contributed by atoms with Crippen LogP contribution < -0.4 is 5.32 Å². The third kappa shape index (κ3) is 5.46. The molecule has 0 saturated carbocycles. The lowest BCUT2D eigenvalue weighted by Crippen LogP contribution is -2.51. The maximum Gasteiger partial charge on any atom is 0.274 e. The van der Waals surface area contributed by atoms with E-state index in [0.29, 0.717) is 54.9 Å². The standard InChI is InChI=1S/C24H28ClN5O3/c1-3-17(2)26-23(31)16-28-9-11-29(12-10-28)24(32)20-15-21(22-8-5-13-33-22)30(27-20)19-7-4-6-18(25)14-19/h4-8,13-15,17H,3,9-12,16H2,1-2H3,(H,26,31). The summed E-state index contributed by atoms with van der Waals surface area (Å²) in [4.78, 5) is 29.3. The Bertz CT molecular complexity index is 1100. The fraction of sp³-hybridized carbons (Fsp3) is 0.375. The van der Waals surface area contributed by atoms with Crippen molar-refractivity contribution in [2.24, 2.45) is 0 Å². The quantitative estimate of drug-likeness (QED) is 0.573. The van der Waals surface area contributed by atoms with Gasteiger partial charge in [-0.3, -0.25) is 14.5 Å². The Morgan fingerprint density at radius 3 is 2.61 bits per heavy atom. The second-order valence-electron chi connectivity index (χ2n) is 8.23. The molecule has 1 N–H and O–H groups in total. The average Bonchev–Trinajstić information content (AvgIpc) is 3.49. The molecule has 174 valence electrons. The lowest BCUT2D eigenvalue weighted by atomic mass is 10.2. The van der Waals surface area contributed by atoms with Crippen molar-refractivity contribution in [2.75, 3.05) is 32.7 Å². The minimum atomic E-state index is -0.146. The molecule has 1 unspecified atom stereocenters. The van der Waals surface area contributed by atoms with Gasteiger partial charge in [-0.15, -0.1) is 0 Å². The molecule has 1 aliphatic heterocycles. The average molecular weight is 470 g/mol. The summed E-state index contributed by atoms with van der Waals surface area (Å²) in [6.45, 7) is 6.73. The first-order valence-electron chi connectivity index (χ1n) is 11.2. The third-order valence-electron chi connectivity index (χ3n) is 5.80. The van der Waals surface area contributed by atoms with Gasteiger partial charge in [0.1, 0.15) is 5.69 Å². The first-order chi connectivity index (χ1) is 15.9. The summed E-state index contributed by atoms with van der Waals surface area (Å²) >= 11 is 6.18. The largest absolute Gasteiger partial charge is 0.463 e. The Labute approximate surface area is 198 Å². The van der Waals surface area contributed by atoms with Crippen LogP contribution in [-0.2, 0) is 4.79 Å². The number of amides is 2. The van der Waals surface area contributed by atoms with Gasteiger partial charge < -0.3 is 14.6 Å². The van der Waals surface area contributed by atoms with E-state index in [4.69, 9.17) is 16.0 Å². The van der Waals surface area contributed by atoms with E-state index in [1.165, 1.54) is 0 Å². The molecule has 3 heterocycles. The summed E-state index contributed by atoms with van der Waals surface area (Å²) in [5.41, 5.74) is 1.75. The summed E-state index contributed by atoms with van der Waals surface area (Å²) in [5.74, 6) is 0.485. The molecule has 9 heteroatoms. The monoisotopic (exact) mass is 469 g/mol. The molecule has 0 aliphatic carbocycles. The molecule has 4 rings (SSSR count). The van der Waals surface area contributed by atoms with Gasteiger partial charge in [-0.1, -0.05) is 24.6 Å². The van der Waals surface area contributed by atoms with Gasteiger partial charge in [-0.2, -0.15) is 5.10 Å². The van der Waals surface area contributed by atoms with E-state index in [1.54, 1.807) is 40.1 Å². The first-order valence-corrected chi connectivity index (χ1v) is 11.5. The van der Waals surface area contributed by atoms with E-state index in [2.05, 4.69) is 15.3 Å². The van der Waals surface area contributed by atoms with Crippen LogP contribution in [0.3, 0.4) is 0 Å². The van der Waals surface area contributed by atoms with E-state index >= 15 is 0 Å². The Hall–Kier alpha value is -3.10. The van der Waals surface area contributed by atoms with Crippen LogP contribution in [0, 0.1) is 0 Å². The molecule has 8 nitrogen and oxygen atoms in total. The van der Waals surface area contributed by atoms with Gasteiger partial charge in [0.25, 0.3) is 5.91 Å². The highest BCUT2D eigenvalue weighted by molar-refractivity contribution is 6.30. The van der Waals surface area contributed by atoms with Crippen LogP contribution in [0.1, 0.15) is 30.8 Å². The number of halogens is 1. The van der Waals surface area contributed by atoms with Crippen LogP contribution >= 0.6 is 11.6 Å². The number of rotatable bonds is 7. The Morgan fingerprint density at radius 2 is 1.94 bits per heavy atom. The number of furan rings is 1. The number of hydrogen-bond donors (Lipinski definition) is 1. The maximum atomic E-state index is 13.2. The van der Waals surface area contributed by atoms with Gasteiger partial charge in [-0.25, -0.2) is 4.68 Å². The van der Waals surface area contributed by atoms with E-state index in [9.17, 15) is 9.59 Å². The normalized spacial score (nSPS) is 15.4. The highest BCUT2D eigenvalue weighted by Gasteiger charge is 2.26. The second kappa shape index (κ2) is 10.2. The summed E-state index contributed by atoms with van der Waals surface area (Å²) in [6.07, 6.45) is 2.48. The molecule has 2 aromatic heterocycles. The zero-order valence-corrected chi connectivity index (χ0v) is 19.6. The minimum Gasteiger partial charge on any atom is -0.463 e. The van der Waals surface area contributed by atoms with Crippen molar-refractivity contribution < 1.29 is 14.0 Å². The number of nitrogens with zero attached hydrogens (tertiary/aromatic N) is 4. The Morgan fingerprint density at radius 1 is 1.15 bits per heavy atom. The lowest BCUT2D eigenvalue weighted by molar-refractivity contribution is -0.123. The van der Waals surface area contributed by atoms with E-state index in [1.807, 2.05) is 32.0 Å². The van der Waals surface area contributed by atoms with Crippen LogP contribution in [0.5, 0.6) is 0 Å². The van der Waals surface area contributed by atoms with E-state index in [-0.39, 0.29) is 17.9 Å². The Kier molecular flexibility index (Phi) is 7.15. The van der Waals surface area contributed by atoms with Gasteiger partial charge in [0.15, 0.2) is 11.5 Å².